The number of nitrogens with two attached hydrogens (primary N) is 1. The Hall–Kier alpha value is -2.36. The number of hydrogen-bond acceptors (Lipinski definition) is 2. The van der Waals surface area contributed by atoms with Crippen molar-refractivity contribution < 1.29 is 9.18 Å². The monoisotopic (exact) mass is 258 g/mol. The summed E-state index contributed by atoms with van der Waals surface area (Å²) in [5, 5.41) is 2.55. The van der Waals surface area contributed by atoms with Crippen LogP contribution in [0.4, 0.5) is 15.8 Å². The first-order chi connectivity index (χ1) is 8.97. The van der Waals surface area contributed by atoms with Crippen molar-refractivity contribution in [1.82, 2.24) is 0 Å². The van der Waals surface area contributed by atoms with E-state index in [4.69, 9.17) is 5.73 Å². The zero-order valence-corrected chi connectivity index (χ0v) is 10.8. The van der Waals surface area contributed by atoms with Crippen LogP contribution >= 0.6 is 0 Å². The summed E-state index contributed by atoms with van der Waals surface area (Å²) < 4.78 is 13.6. The van der Waals surface area contributed by atoms with Gasteiger partial charge in [0.2, 0.25) is 0 Å². The fourth-order valence-electron chi connectivity index (χ4n) is 1.73. The van der Waals surface area contributed by atoms with Gasteiger partial charge in [0.1, 0.15) is 5.82 Å². The molecule has 0 saturated heterocycles. The average Bonchev–Trinajstić information content (AvgIpc) is 2.36. The van der Waals surface area contributed by atoms with E-state index in [1.807, 2.05) is 6.92 Å². The van der Waals surface area contributed by atoms with E-state index in [9.17, 15) is 9.18 Å². The van der Waals surface area contributed by atoms with Crippen LogP contribution in [-0.2, 0) is 0 Å². The summed E-state index contributed by atoms with van der Waals surface area (Å²) in [5.74, 6) is -0.800. The van der Waals surface area contributed by atoms with E-state index >= 15 is 0 Å². The van der Waals surface area contributed by atoms with E-state index < -0.39 is 5.82 Å². The first-order valence-corrected chi connectivity index (χ1v) is 5.91. The van der Waals surface area contributed by atoms with Gasteiger partial charge in [-0.1, -0.05) is 6.07 Å². The molecule has 2 rings (SSSR count). The van der Waals surface area contributed by atoms with Gasteiger partial charge >= 0.3 is 0 Å². The van der Waals surface area contributed by atoms with Crippen LogP contribution in [0, 0.1) is 19.7 Å². The van der Waals surface area contributed by atoms with Crippen LogP contribution < -0.4 is 11.1 Å². The quantitative estimate of drug-likeness (QED) is 0.812. The first-order valence-electron chi connectivity index (χ1n) is 5.91. The Morgan fingerprint density at radius 2 is 1.89 bits per heavy atom. The largest absolute Gasteiger partial charge is 0.399 e. The molecule has 0 aromatic heterocycles. The van der Waals surface area contributed by atoms with Gasteiger partial charge in [-0.25, -0.2) is 4.39 Å². The van der Waals surface area contributed by atoms with Crippen molar-refractivity contribution in [2.24, 2.45) is 0 Å². The Morgan fingerprint density at radius 1 is 1.16 bits per heavy atom. The number of nitrogen functional groups attached to an aromatic ring is 1. The molecule has 0 spiro atoms. The minimum atomic E-state index is -0.444. The summed E-state index contributed by atoms with van der Waals surface area (Å²) in [7, 11) is 0. The molecular weight excluding hydrogens is 243 g/mol. The third kappa shape index (κ3) is 2.91. The fourth-order valence-corrected chi connectivity index (χ4v) is 1.73. The summed E-state index contributed by atoms with van der Waals surface area (Å²) in [6, 6.07) is 9.62. The van der Waals surface area contributed by atoms with E-state index in [2.05, 4.69) is 5.32 Å². The molecule has 0 unspecified atom stereocenters. The number of carbonyl (C=O) groups is 1. The molecule has 3 nitrogen and oxygen atoms in total. The van der Waals surface area contributed by atoms with Crippen LogP contribution in [0.5, 0.6) is 0 Å². The maximum absolute atomic E-state index is 13.6. The highest BCUT2D eigenvalue weighted by molar-refractivity contribution is 6.04. The van der Waals surface area contributed by atoms with Gasteiger partial charge in [0.15, 0.2) is 0 Å². The summed E-state index contributed by atoms with van der Waals surface area (Å²) in [4.78, 5) is 12.0. The summed E-state index contributed by atoms with van der Waals surface area (Å²) in [6.07, 6.45) is 0. The van der Waals surface area contributed by atoms with E-state index in [-0.39, 0.29) is 11.6 Å². The Kier molecular flexibility index (Phi) is 3.51. The standard InChI is InChI=1S/C15H15FN2O/c1-9-3-6-14(12(16)7-9)18-15(19)11-4-5-13(17)10(2)8-11/h3-8H,17H2,1-2H3,(H,18,19). The van der Waals surface area contributed by atoms with Crippen molar-refractivity contribution in [2.45, 2.75) is 13.8 Å². The van der Waals surface area contributed by atoms with Gasteiger partial charge in [-0.2, -0.15) is 0 Å². The Labute approximate surface area is 111 Å². The van der Waals surface area contributed by atoms with Gasteiger partial charge in [0, 0.05) is 11.3 Å². The van der Waals surface area contributed by atoms with Crippen molar-refractivity contribution in [3.8, 4) is 0 Å². The maximum Gasteiger partial charge on any atom is 0.255 e. The second-order valence-electron chi connectivity index (χ2n) is 4.51. The third-order valence-electron chi connectivity index (χ3n) is 2.90. The minimum absolute atomic E-state index is 0.171. The lowest BCUT2D eigenvalue weighted by atomic mass is 10.1. The number of hydrogen-bond donors (Lipinski definition) is 2. The topological polar surface area (TPSA) is 55.1 Å². The van der Waals surface area contributed by atoms with Gasteiger partial charge in [0.05, 0.1) is 5.69 Å². The number of benzene rings is 2. The fraction of sp³-hybridized carbons (Fsp3) is 0.133. The molecule has 19 heavy (non-hydrogen) atoms. The molecule has 0 aliphatic heterocycles. The molecular formula is C15H15FN2O. The number of anilines is 2. The zero-order valence-electron chi connectivity index (χ0n) is 10.8. The van der Waals surface area contributed by atoms with Gasteiger partial charge < -0.3 is 11.1 Å². The maximum atomic E-state index is 13.6. The second-order valence-corrected chi connectivity index (χ2v) is 4.51. The smallest absolute Gasteiger partial charge is 0.255 e. The van der Waals surface area contributed by atoms with Crippen molar-refractivity contribution >= 4 is 17.3 Å². The predicted octanol–water partition coefficient (Wildman–Crippen LogP) is 3.28. The molecule has 4 heteroatoms. The SMILES string of the molecule is Cc1ccc(NC(=O)c2ccc(N)c(C)c2)c(F)c1. The number of amides is 1. The molecule has 2 aromatic carbocycles. The zero-order chi connectivity index (χ0) is 14.0. The number of halogens is 1. The van der Waals surface area contributed by atoms with E-state index in [1.165, 1.54) is 6.07 Å². The molecule has 1 amide bonds. The molecule has 0 radical (unpaired) electrons. The molecule has 0 aliphatic rings. The Bertz CT molecular complexity index is 638. The summed E-state index contributed by atoms with van der Waals surface area (Å²) in [6.45, 7) is 3.61. The molecule has 0 saturated carbocycles. The van der Waals surface area contributed by atoms with Crippen molar-refractivity contribution in [3.05, 3.63) is 58.9 Å². The van der Waals surface area contributed by atoms with Gasteiger partial charge in [-0.3, -0.25) is 4.79 Å². The van der Waals surface area contributed by atoms with Crippen molar-refractivity contribution in [1.29, 1.82) is 0 Å². The first kappa shape index (κ1) is 13.1. The molecule has 0 heterocycles. The minimum Gasteiger partial charge on any atom is -0.399 e. The molecule has 0 fully saturated rings. The summed E-state index contributed by atoms with van der Waals surface area (Å²) in [5.41, 5.74) is 8.56. The van der Waals surface area contributed by atoms with Crippen LogP contribution in [0.2, 0.25) is 0 Å². The van der Waals surface area contributed by atoms with E-state index in [1.54, 1.807) is 37.3 Å². The second kappa shape index (κ2) is 5.10. The van der Waals surface area contributed by atoms with Gasteiger partial charge in [-0.15, -0.1) is 0 Å². The molecule has 98 valence electrons. The van der Waals surface area contributed by atoms with Crippen LogP contribution in [0.1, 0.15) is 21.5 Å². The van der Waals surface area contributed by atoms with Crippen LogP contribution in [0.15, 0.2) is 36.4 Å². The molecule has 0 bridgehead atoms. The normalized spacial score (nSPS) is 10.3. The lowest BCUT2D eigenvalue weighted by Crippen LogP contribution is -2.13. The Balaban J connectivity index is 2.23. The van der Waals surface area contributed by atoms with Gasteiger partial charge in [0.25, 0.3) is 5.91 Å². The molecule has 2 aromatic rings. The number of aryl methyl sites for hydroxylation is 2. The predicted molar refractivity (Wildman–Crippen MR) is 74.7 cm³/mol. The van der Waals surface area contributed by atoms with Crippen molar-refractivity contribution in [3.63, 3.8) is 0 Å². The highest BCUT2D eigenvalue weighted by Crippen LogP contribution is 2.18. The molecule has 3 N–H and O–H groups in total. The Morgan fingerprint density at radius 3 is 2.53 bits per heavy atom. The van der Waals surface area contributed by atoms with Gasteiger partial charge in [-0.05, 0) is 55.3 Å². The third-order valence-corrected chi connectivity index (χ3v) is 2.90. The average molecular weight is 258 g/mol. The lowest BCUT2D eigenvalue weighted by molar-refractivity contribution is 0.102. The van der Waals surface area contributed by atoms with Crippen LogP contribution in [-0.4, -0.2) is 5.91 Å². The number of nitrogens with one attached hydrogen (secondary N) is 1. The van der Waals surface area contributed by atoms with E-state index in [0.717, 1.165) is 11.1 Å². The number of carbonyl (C=O) groups excluding carboxylic acids is 1. The highest BCUT2D eigenvalue weighted by atomic mass is 19.1. The molecule has 0 aliphatic carbocycles. The number of rotatable bonds is 2. The summed E-state index contributed by atoms with van der Waals surface area (Å²) >= 11 is 0. The van der Waals surface area contributed by atoms with E-state index in [0.29, 0.717) is 11.3 Å². The molecule has 0 atom stereocenters. The van der Waals surface area contributed by atoms with Crippen molar-refractivity contribution in [2.75, 3.05) is 11.1 Å². The van der Waals surface area contributed by atoms with Crippen LogP contribution in [0.3, 0.4) is 0 Å². The lowest BCUT2D eigenvalue weighted by Gasteiger charge is -2.08. The highest BCUT2D eigenvalue weighted by Gasteiger charge is 2.10. The van der Waals surface area contributed by atoms with Crippen LogP contribution in [0.25, 0.3) is 0 Å².